The lowest BCUT2D eigenvalue weighted by atomic mass is 10.1. The molecule has 9 heteroatoms. The largest absolute Gasteiger partial charge is 0.334 e. The molecule has 0 unspecified atom stereocenters. The highest BCUT2D eigenvalue weighted by atomic mass is 16.2. The third kappa shape index (κ3) is 4.51. The van der Waals surface area contributed by atoms with Gasteiger partial charge in [0.15, 0.2) is 0 Å². The minimum absolute atomic E-state index is 0.286. The zero-order valence-electron chi connectivity index (χ0n) is 15.7. The van der Waals surface area contributed by atoms with Crippen LogP contribution in [0.5, 0.6) is 0 Å². The van der Waals surface area contributed by atoms with Crippen molar-refractivity contribution in [1.29, 1.82) is 0 Å². The molecule has 0 aromatic carbocycles. The van der Waals surface area contributed by atoms with E-state index in [1.165, 1.54) is 5.01 Å². The highest BCUT2D eigenvalue weighted by molar-refractivity contribution is 5.95. The number of aromatic nitrogens is 4. The van der Waals surface area contributed by atoms with Gasteiger partial charge in [-0.05, 0) is 24.6 Å². The van der Waals surface area contributed by atoms with Gasteiger partial charge in [0.05, 0.1) is 5.52 Å². The smallest absolute Gasteiger partial charge is 0.320 e. The summed E-state index contributed by atoms with van der Waals surface area (Å²) in [5.74, 6) is 5.97. The number of aromatic amines is 1. The monoisotopic (exact) mass is 378 g/mol. The van der Waals surface area contributed by atoms with Gasteiger partial charge in [-0.15, -0.1) is 0 Å². The SMILES string of the molecule is C=C/C(=C\N(C)N)CNC(=O)Nc1cc2[nH]nc(-c3ccnc(C)c3)c2cn1. The number of hydrogen-bond acceptors (Lipinski definition) is 6. The number of nitrogens with two attached hydrogens (primary N) is 1. The Morgan fingerprint density at radius 3 is 2.93 bits per heavy atom. The second-order valence-corrected chi connectivity index (χ2v) is 6.25. The number of H-pyrrole nitrogens is 1. The molecule has 0 saturated heterocycles. The molecule has 5 N–H and O–H groups in total. The molecule has 3 aromatic heterocycles. The van der Waals surface area contributed by atoms with E-state index in [2.05, 4.69) is 37.4 Å². The zero-order valence-corrected chi connectivity index (χ0v) is 15.7. The Morgan fingerprint density at radius 1 is 1.39 bits per heavy atom. The van der Waals surface area contributed by atoms with Gasteiger partial charge in [0, 0.05) is 54.9 Å². The molecule has 28 heavy (non-hydrogen) atoms. The summed E-state index contributed by atoms with van der Waals surface area (Å²) in [4.78, 5) is 20.6. The summed E-state index contributed by atoms with van der Waals surface area (Å²) in [6.45, 7) is 5.91. The predicted molar refractivity (Wildman–Crippen MR) is 109 cm³/mol. The molecule has 0 atom stereocenters. The number of carbonyl (C=O) groups is 1. The van der Waals surface area contributed by atoms with Gasteiger partial charge < -0.3 is 10.3 Å². The Labute approximate surface area is 162 Å². The number of aryl methyl sites for hydroxylation is 1. The van der Waals surface area contributed by atoms with E-state index in [1.54, 1.807) is 37.8 Å². The first-order valence-electron chi connectivity index (χ1n) is 8.59. The molecule has 2 amide bonds. The second kappa shape index (κ2) is 8.31. The lowest BCUT2D eigenvalue weighted by Crippen LogP contribution is -2.31. The van der Waals surface area contributed by atoms with Gasteiger partial charge >= 0.3 is 6.03 Å². The van der Waals surface area contributed by atoms with Gasteiger partial charge in [-0.25, -0.2) is 15.6 Å². The molecule has 9 nitrogen and oxygen atoms in total. The molecule has 0 fully saturated rings. The van der Waals surface area contributed by atoms with E-state index < -0.39 is 0 Å². The summed E-state index contributed by atoms with van der Waals surface area (Å²) in [6.07, 6.45) is 6.72. The third-order valence-corrected chi connectivity index (χ3v) is 3.94. The fourth-order valence-corrected chi connectivity index (χ4v) is 2.67. The van der Waals surface area contributed by atoms with Crippen LogP contribution in [0.1, 0.15) is 5.69 Å². The average Bonchev–Trinajstić information content (AvgIpc) is 3.08. The van der Waals surface area contributed by atoms with Gasteiger partial charge in [0.1, 0.15) is 11.5 Å². The van der Waals surface area contributed by atoms with E-state index in [0.29, 0.717) is 5.82 Å². The van der Waals surface area contributed by atoms with Crippen LogP contribution >= 0.6 is 0 Å². The van der Waals surface area contributed by atoms with Crippen molar-refractivity contribution in [3.05, 3.63) is 60.7 Å². The summed E-state index contributed by atoms with van der Waals surface area (Å²) < 4.78 is 0. The molecular formula is C19H22N8O. The maximum Gasteiger partial charge on any atom is 0.320 e. The van der Waals surface area contributed by atoms with Crippen LogP contribution in [0.15, 0.2) is 55.0 Å². The fourth-order valence-electron chi connectivity index (χ4n) is 2.67. The standard InChI is InChI=1S/C19H22N8O/c1-4-13(11-27(3)20)9-23-19(28)24-17-8-16-15(10-22-17)18(26-25-16)14-5-6-21-12(2)7-14/h4-8,10-11H,1,9,20H2,2-3H3,(H,25,26)(H2,22,23,24,28)/b13-11+. The van der Waals surface area contributed by atoms with Crippen LogP contribution < -0.4 is 16.5 Å². The number of rotatable bonds is 6. The van der Waals surface area contributed by atoms with Crippen LogP contribution in [0.25, 0.3) is 22.2 Å². The van der Waals surface area contributed by atoms with Gasteiger partial charge in [-0.1, -0.05) is 12.7 Å². The highest BCUT2D eigenvalue weighted by Crippen LogP contribution is 2.26. The maximum absolute atomic E-state index is 12.1. The molecule has 0 bridgehead atoms. The van der Waals surface area contributed by atoms with Gasteiger partial charge in [0.25, 0.3) is 0 Å². The Balaban J connectivity index is 1.71. The first-order valence-corrected chi connectivity index (χ1v) is 8.59. The molecule has 3 aromatic rings. The van der Waals surface area contributed by atoms with Crippen molar-refractivity contribution >= 4 is 22.8 Å². The Hall–Kier alpha value is -3.72. The number of carbonyl (C=O) groups excluding carboxylic acids is 1. The Bertz CT molecular complexity index is 1040. The lowest BCUT2D eigenvalue weighted by Gasteiger charge is -2.10. The molecule has 0 radical (unpaired) electrons. The van der Waals surface area contributed by atoms with Crippen molar-refractivity contribution in [2.75, 3.05) is 18.9 Å². The summed E-state index contributed by atoms with van der Waals surface area (Å²) >= 11 is 0. The van der Waals surface area contributed by atoms with Crippen LogP contribution in [0, 0.1) is 6.92 Å². The van der Waals surface area contributed by atoms with Crippen LogP contribution in [0.3, 0.4) is 0 Å². The zero-order chi connectivity index (χ0) is 20.1. The van der Waals surface area contributed by atoms with Gasteiger partial charge in [0.2, 0.25) is 0 Å². The predicted octanol–water partition coefficient (Wildman–Crippen LogP) is 2.33. The van der Waals surface area contributed by atoms with Gasteiger partial charge in [-0.2, -0.15) is 5.10 Å². The van der Waals surface area contributed by atoms with Crippen molar-refractivity contribution in [2.24, 2.45) is 5.84 Å². The number of nitrogens with one attached hydrogen (secondary N) is 3. The molecule has 144 valence electrons. The van der Waals surface area contributed by atoms with Crippen LogP contribution in [-0.4, -0.2) is 44.8 Å². The maximum atomic E-state index is 12.1. The normalized spacial score (nSPS) is 11.3. The number of urea groups is 1. The van der Waals surface area contributed by atoms with Gasteiger partial charge in [-0.3, -0.25) is 15.4 Å². The van der Waals surface area contributed by atoms with E-state index in [1.807, 2.05) is 19.1 Å². The van der Waals surface area contributed by atoms with E-state index in [-0.39, 0.29) is 12.6 Å². The van der Waals surface area contributed by atoms with E-state index in [0.717, 1.165) is 33.4 Å². The first kappa shape index (κ1) is 19.1. The average molecular weight is 378 g/mol. The van der Waals surface area contributed by atoms with E-state index in [4.69, 9.17) is 5.84 Å². The number of anilines is 1. The van der Waals surface area contributed by atoms with Crippen LogP contribution in [0.2, 0.25) is 0 Å². The number of pyridine rings is 2. The van der Waals surface area contributed by atoms with Crippen LogP contribution in [0.4, 0.5) is 10.6 Å². The fraction of sp³-hybridized carbons (Fsp3) is 0.158. The van der Waals surface area contributed by atoms with Crippen LogP contribution in [-0.2, 0) is 0 Å². The Morgan fingerprint density at radius 2 is 2.21 bits per heavy atom. The lowest BCUT2D eigenvalue weighted by molar-refractivity contribution is 0.253. The van der Waals surface area contributed by atoms with Crippen molar-refractivity contribution in [1.82, 2.24) is 30.5 Å². The van der Waals surface area contributed by atoms with Crippen molar-refractivity contribution in [3.8, 4) is 11.3 Å². The molecule has 0 saturated carbocycles. The Kier molecular flexibility index (Phi) is 5.66. The number of hydrazine groups is 1. The second-order valence-electron chi connectivity index (χ2n) is 6.25. The van der Waals surface area contributed by atoms with Crippen molar-refractivity contribution in [3.63, 3.8) is 0 Å². The summed E-state index contributed by atoms with van der Waals surface area (Å²) in [5, 5.41) is 15.0. The molecule has 0 spiro atoms. The van der Waals surface area contributed by atoms with Crippen molar-refractivity contribution in [2.45, 2.75) is 6.92 Å². The molecule has 0 aliphatic carbocycles. The number of hydrogen-bond donors (Lipinski definition) is 4. The molecule has 3 heterocycles. The van der Waals surface area contributed by atoms with E-state index >= 15 is 0 Å². The minimum atomic E-state index is -0.385. The number of fused-ring (bicyclic) bond motifs is 1. The first-order chi connectivity index (χ1) is 13.5. The summed E-state index contributed by atoms with van der Waals surface area (Å²) in [7, 11) is 1.69. The quantitative estimate of drug-likeness (QED) is 0.296. The third-order valence-electron chi connectivity index (χ3n) is 3.94. The topological polar surface area (TPSA) is 125 Å². The highest BCUT2D eigenvalue weighted by Gasteiger charge is 2.11. The molecular weight excluding hydrogens is 356 g/mol. The summed E-state index contributed by atoms with van der Waals surface area (Å²) in [5.41, 5.74) is 4.19. The molecule has 0 aliphatic rings. The number of amides is 2. The minimum Gasteiger partial charge on any atom is -0.334 e. The van der Waals surface area contributed by atoms with E-state index in [9.17, 15) is 4.79 Å². The number of nitrogens with zero attached hydrogens (tertiary/aromatic N) is 4. The molecule has 3 rings (SSSR count). The molecule has 0 aliphatic heterocycles. The summed E-state index contributed by atoms with van der Waals surface area (Å²) in [6, 6.07) is 5.20. The van der Waals surface area contributed by atoms with Crippen molar-refractivity contribution < 1.29 is 4.79 Å².